The Balaban J connectivity index is 3.29. The molecular weight excluding hydrogens is 170 g/mol. The third-order valence-electron chi connectivity index (χ3n) is 1.42. The number of hydrogen-bond acceptors (Lipinski definition) is 3. The van der Waals surface area contributed by atoms with E-state index in [0.29, 0.717) is 5.69 Å². The molecule has 1 aromatic heterocycles. The molecule has 11 heavy (non-hydrogen) atoms. The second-order valence-corrected chi connectivity index (χ2v) is 2.48. The molecule has 1 aromatic rings. The van der Waals surface area contributed by atoms with Gasteiger partial charge in [0.25, 0.3) is 0 Å². The molecule has 0 fully saturated rings. The predicted molar refractivity (Wildman–Crippen MR) is 39.6 cm³/mol. The van der Waals surface area contributed by atoms with Gasteiger partial charge in [0.2, 0.25) is 0 Å². The monoisotopic (exact) mass is 175 g/mol. The molecule has 1 rings (SSSR count). The molecule has 0 spiro atoms. The fourth-order valence-corrected chi connectivity index (χ4v) is 0.911. The quantitative estimate of drug-likeness (QED) is 0.477. The van der Waals surface area contributed by atoms with Crippen molar-refractivity contribution < 1.29 is 4.92 Å². The van der Waals surface area contributed by atoms with Crippen LogP contribution in [0.5, 0.6) is 0 Å². The van der Waals surface area contributed by atoms with Crippen LogP contribution in [0.25, 0.3) is 0 Å². The van der Waals surface area contributed by atoms with Crippen LogP contribution in [-0.4, -0.2) is 14.7 Å². The maximum absolute atomic E-state index is 10.2. The SMILES string of the molecule is Cc1c(Cl)c([N+](=O)[O-])nn1C. The Hall–Kier alpha value is -1.10. The highest BCUT2D eigenvalue weighted by molar-refractivity contribution is 6.33. The van der Waals surface area contributed by atoms with Crippen LogP contribution in [0.2, 0.25) is 5.02 Å². The average Bonchev–Trinajstić information content (AvgIpc) is 2.17. The summed E-state index contributed by atoms with van der Waals surface area (Å²) >= 11 is 5.58. The molecule has 0 aliphatic heterocycles. The van der Waals surface area contributed by atoms with Crippen LogP contribution in [0.4, 0.5) is 5.82 Å². The van der Waals surface area contributed by atoms with Crippen molar-refractivity contribution in [2.45, 2.75) is 6.92 Å². The minimum Gasteiger partial charge on any atom is -0.358 e. The zero-order chi connectivity index (χ0) is 8.59. The van der Waals surface area contributed by atoms with Gasteiger partial charge in [-0.25, -0.2) is 0 Å². The van der Waals surface area contributed by atoms with E-state index in [4.69, 9.17) is 11.6 Å². The number of aromatic nitrogens is 2. The Morgan fingerprint density at radius 1 is 1.73 bits per heavy atom. The zero-order valence-electron chi connectivity index (χ0n) is 6.04. The minimum atomic E-state index is -0.602. The summed E-state index contributed by atoms with van der Waals surface area (Å²) in [4.78, 5) is 9.63. The lowest BCUT2D eigenvalue weighted by Gasteiger charge is -1.85. The number of halogens is 1. The first-order chi connectivity index (χ1) is 5.04. The van der Waals surface area contributed by atoms with Gasteiger partial charge >= 0.3 is 5.82 Å². The normalized spacial score (nSPS) is 10.1. The van der Waals surface area contributed by atoms with E-state index in [9.17, 15) is 10.1 Å². The molecule has 0 aromatic carbocycles. The van der Waals surface area contributed by atoms with Crippen molar-refractivity contribution in [3.05, 3.63) is 20.8 Å². The highest BCUT2D eigenvalue weighted by Gasteiger charge is 2.21. The fraction of sp³-hybridized carbons (Fsp3) is 0.400. The highest BCUT2D eigenvalue weighted by Crippen LogP contribution is 2.25. The third-order valence-corrected chi connectivity index (χ3v) is 1.86. The Morgan fingerprint density at radius 3 is 2.45 bits per heavy atom. The van der Waals surface area contributed by atoms with E-state index in [1.807, 2.05) is 0 Å². The summed E-state index contributed by atoms with van der Waals surface area (Å²) in [5.41, 5.74) is 0.596. The van der Waals surface area contributed by atoms with Crippen molar-refractivity contribution in [2.75, 3.05) is 0 Å². The van der Waals surface area contributed by atoms with Crippen LogP contribution in [0.1, 0.15) is 5.69 Å². The summed E-state index contributed by atoms with van der Waals surface area (Å²) in [6, 6.07) is 0. The lowest BCUT2D eigenvalue weighted by Crippen LogP contribution is -1.93. The summed E-state index contributed by atoms with van der Waals surface area (Å²) < 4.78 is 1.38. The van der Waals surface area contributed by atoms with Crippen molar-refractivity contribution in [1.82, 2.24) is 9.78 Å². The van der Waals surface area contributed by atoms with E-state index in [2.05, 4.69) is 5.10 Å². The van der Waals surface area contributed by atoms with Crippen LogP contribution in [-0.2, 0) is 7.05 Å². The smallest absolute Gasteiger partial charge is 0.358 e. The minimum absolute atomic E-state index is 0.109. The van der Waals surface area contributed by atoms with Crippen LogP contribution < -0.4 is 0 Å². The topological polar surface area (TPSA) is 61.0 Å². The number of nitro groups is 1. The van der Waals surface area contributed by atoms with Gasteiger partial charge in [0.15, 0.2) is 5.02 Å². The lowest BCUT2D eigenvalue weighted by molar-refractivity contribution is -0.389. The highest BCUT2D eigenvalue weighted by atomic mass is 35.5. The second-order valence-electron chi connectivity index (χ2n) is 2.10. The Bertz CT molecular complexity index is 307. The lowest BCUT2D eigenvalue weighted by atomic mass is 10.5. The van der Waals surface area contributed by atoms with Crippen LogP contribution in [0.15, 0.2) is 0 Å². The Labute approximate surface area is 67.7 Å². The summed E-state index contributed by atoms with van der Waals surface area (Å²) in [5.74, 6) is -0.285. The molecule has 5 nitrogen and oxygen atoms in total. The maximum Gasteiger partial charge on any atom is 0.408 e. The van der Waals surface area contributed by atoms with Crippen molar-refractivity contribution in [1.29, 1.82) is 0 Å². The van der Waals surface area contributed by atoms with Gasteiger partial charge in [0.05, 0.1) is 17.8 Å². The first-order valence-electron chi connectivity index (χ1n) is 2.87. The van der Waals surface area contributed by atoms with Crippen molar-refractivity contribution >= 4 is 17.4 Å². The van der Waals surface area contributed by atoms with Crippen molar-refractivity contribution in [3.63, 3.8) is 0 Å². The van der Waals surface area contributed by atoms with Gasteiger partial charge in [0.1, 0.15) is 0 Å². The van der Waals surface area contributed by atoms with E-state index in [0.717, 1.165) is 0 Å². The van der Waals surface area contributed by atoms with Crippen molar-refractivity contribution in [3.8, 4) is 0 Å². The standard InChI is InChI=1S/C5H6ClN3O2/c1-3-4(6)5(9(10)11)7-8(3)2/h1-2H3. The Morgan fingerprint density at radius 2 is 2.27 bits per heavy atom. The molecule has 60 valence electrons. The van der Waals surface area contributed by atoms with Gasteiger partial charge in [-0.2, -0.15) is 4.68 Å². The molecule has 0 radical (unpaired) electrons. The zero-order valence-corrected chi connectivity index (χ0v) is 6.79. The summed E-state index contributed by atoms with van der Waals surface area (Å²) in [5, 5.41) is 13.9. The van der Waals surface area contributed by atoms with Gasteiger partial charge in [-0.05, 0) is 11.8 Å². The molecule has 0 unspecified atom stereocenters. The largest absolute Gasteiger partial charge is 0.408 e. The number of aryl methyl sites for hydroxylation is 1. The van der Waals surface area contributed by atoms with Crippen LogP contribution in [0.3, 0.4) is 0 Å². The molecule has 1 heterocycles. The second kappa shape index (κ2) is 2.50. The van der Waals surface area contributed by atoms with Gasteiger partial charge in [-0.15, -0.1) is 0 Å². The van der Waals surface area contributed by atoms with E-state index in [1.54, 1.807) is 14.0 Å². The van der Waals surface area contributed by atoms with Gasteiger partial charge < -0.3 is 10.1 Å². The molecule has 0 N–H and O–H groups in total. The van der Waals surface area contributed by atoms with E-state index in [1.165, 1.54) is 4.68 Å². The van der Waals surface area contributed by atoms with Crippen LogP contribution >= 0.6 is 11.6 Å². The number of hydrogen-bond donors (Lipinski definition) is 0. The van der Waals surface area contributed by atoms with E-state index >= 15 is 0 Å². The van der Waals surface area contributed by atoms with E-state index < -0.39 is 4.92 Å². The van der Waals surface area contributed by atoms with Gasteiger partial charge in [-0.3, -0.25) is 0 Å². The molecule has 0 amide bonds. The Kier molecular flexibility index (Phi) is 1.82. The predicted octanol–water partition coefficient (Wildman–Crippen LogP) is 1.29. The molecule has 0 saturated carbocycles. The fourth-order valence-electron chi connectivity index (χ4n) is 0.682. The summed E-state index contributed by atoms with van der Waals surface area (Å²) in [6.45, 7) is 1.67. The summed E-state index contributed by atoms with van der Waals surface area (Å²) in [7, 11) is 1.61. The first-order valence-corrected chi connectivity index (χ1v) is 3.25. The summed E-state index contributed by atoms with van der Waals surface area (Å²) in [6.07, 6.45) is 0. The molecular formula is C5H6ClN3O2. The first kappa shape index (κ1) is 8.00. The molecule has 0 aliphatic rings. The van der Waals surface area contributed by atoms with Crippen LogP contribution in [0, 0.1) is 17.0 Å². The van der Waals surface area contributed by atoms with Gasteiger partial charge in [-0.1, -0.05) is 11.6 Å². The molecule has 0 atom stereocenters. The molecule has 0 saturated heterocycles. The molecule has 0 aliphatic carbocycles. The maximum atomic E-state index is 10.2. The number of nitrogens with zero attached hydrogens (tertiary/aromatic N) is 3. The third kappa shape index (κ3) is 1.19. The molecule has 0 bridgehead atoms. The van der Waals surface area contributed by atoms with Gasteiger partial charge in [0, 0.05) is 0 Å². The van der Waals surface area contributed by atoms with E-state index in [-0.39, 0.29) is 10.8 Å². The average molecular weight is 176 g/mol. The number of rotatable bonds is 1. The van der Waals surface area contributed by atoms with Crippen molar-refractivity contribution in [2.24, 2.45) is 7.05 Å². The molecule has 6 heteroatoms.